The summed E-state index contributed by atoms with van der Waals surface area (Å²) in [6, 6.07) is 10.6. The molecule has 32 heavy (non-hydrogen) atoms. The summed E-state index contributed by atoms with van der Waals surface area (Å²) in [5.74, 6) is -1.19. The van der Waals surface area contributed by atoms with Gasteiger partial charge in [-0.25, -0.2) is 4.79 Å². The Morgan fingerprint density at radius 2 is 1.66 bits per heavy atom. The molecule has 0 amide bonds. The maximum Gasteiger partial charge on any atom is 0.416 e. The van der Waals surface area contributed by atoms with Crippen molar-refractivity contribution < 1.29 is 36.6 Å². The van der Waals surface area contributed by atoms with E-state index in [-0.39, 0.29) is 24.1 Å². The van der Waals surface area contributed by atoms with Crippen LogP contribution in [-0.4, -0.2) is 36.4 Å². The van der Waals surface area contributed by atoms with Crippen molar-refractivity contribution in [2.75, 3.05) is 18.1 Å². The van der Waals surface area contributed by atoms with E-state index in [0.29, 0.717) is 25.1 Å². The SMILES string of the molecule is CCC(F)(F)OC[C@@H]1CCC(c2ccc(C(F)(F)F)cc2)CN1c1ccc(C(=O)O)cc1. The van der Waals surface area contributed by atoms with Gasteiger partial charge in [-0.2, -0.15) is 22.0 Å². The van der Waals surface area contributed by atoms with Crippen LogP contribution in [-0.2, 0) is 10.9 Å². The van der Waals surface area contributed by atoms with Gasteiger partial charge in [0.25, 0.3) is 0 Å². The van der Waals surface area contributed by atoms with Gasteiger partial charge in [0, 0.05) is 24.6 Å². The number of nitrogens with zero attached hydrogens (tertiary/aromatic N) is 1. The Labute approximate surface area is 182 Å². The second-order valence-corrected chi connectivity index (χ2v) is 7.85. The van der Waals surface area contributed by atoms with Crippen molar-refractivity contribution in [1.82, 2.24) is 0 Å². The Hall–Kier alpha value is -2.68. The van der Waals surface area contributed by atoms with E-state index < -0.39 is 30.2 Å². The smallest absolute Gasteiger partial charge is 0.416 e. The molecule has 0 spiro atoms. The monoisotopic (exact) mass is 457 g/mol. The van der Waals surface area contributed by atoms with Gasteiger partial charge in [-0.15, -0.1) is 0 Å². The molecule has 9 heteroatoms. The number of piperidine rings is 1. The van der Waals surface area contributed by atoms with Crippen LogP contribution in [0.25, 0.3) is 0 Å². The molecule has 0 radical (unpaired) electrons. The number of hydrogen-bond acceptors (Lipinski definition) is 3. The van der Waals surface area contributed by atoms with Gasteiger partial charge in [0.05, 0.1) is 23.8 Å². The van der Waals surface area contributed by atoms with Crippen molar-refractivity contribution in [2.24, 2.45) is 0 Å². The minimum Gasteiger partial charge on any atom is -0.478 e. The first-order valence-electron chi connectivity index (χ1n) is 10.3. The molecule has 174 valence electrons. The number of carboxylic acid groups (broad SMARTS) is 1. The highest BCUT2D eigenvalue weighted by atomic mass is 19.4. The summed E-state index contributed by atoms with van der Waals surface area (Å²) < 4.78 is 70.8. The molecule has 0 aromatic heterocycles. The van der Waals surface area contributed by atoms with Crippen LogP contribution in [0.5, 0.6) is 0 Å². The first kappa shape index (κ1) is 24.0. The molecule has 1 aliphatic rings. The molecule has 1 saturated heterocycles. The van der Waals surface area contributed by atoms with E-state index in [4.69, 9.17) is 9.84 Å². The Balaban J connectivity index is 1.83. The van der Waals surface area contributed by atoms with Gasteiger partial charge in [0.2, 0.25) is 0 Å². The maximum absolute atomic E-state index is 13.7. The van der Waals surface area contributed by atoms with E-state index in [0.717, 1.165) is 17.7 Å². The maximum atomic E-state index is 13.7. The molecule has 1 unspecified atom stereocenters. The third-order valence-corrected chi connectivity index (χ3v) is 5.76. The zero-order chi connectivity index (χ0) is 23.5. The number of halogens is 5. The molecule has 3 rings (SSSR count). The highest BCUT2D eigenvalue weighted by molar-refractivity contribution is 5.88. The molecule has 4 nitrogen and oxygen atoms in total. The summed E-state index contributed by atoms with van der Waals surface area (Å²) in [7, 11) is 0. The molecule has 2 aromatic carbocycles. The zero-order valence-electron chi connectivity index (χ0n) is 17.4. The number of benzene rings is 2. The van der Waals surface area contributed by atoms with Crippen molar-refractivity contribution in [3.8, 4) is 0 Å². The van der Waals surface area contributed by atoms with Crippen LogP contribution in [0.1, 0.15) is 53.6 Å². The molecule has 1 heterocycles. The molecule has 0 aliphatic carbocycles. The van der Waals surface area contributed by atoms with Crippen LogP contribution >= 0.6 is 0 Å². The highest BCUT2D eigenvalue weighted by Crippen LogP contribution is 2.36. The van der Waals surface area contributed by atoms with Crippen LogP contribution in [0, 0.1) is 0 Å². The number of hydrogen-bond donors (Lipinski definition) is 1. The molecular formula is C23H24F5NO3. The largest absolute Gasteiger partial charge is 0.478 e. The molecule has 2 aromatic rings. The lowest BCUT2D eigenvalue weighted by Gasteiger charge is -2.42. The van der Waals surface area contributed by atoms with Gasteiger partial charge < -0.3 is 14.7 Å². The van der Waals surface area contributed by atoms with Crippen molar-refractivity contribution >= 4 is 11.7 Å². The van der Waals surface area contributed by atoms with E-state index in [1.165, 1.54) is 31.2 Å². The van der Waals surface area contributed by atoms with Gasteiger partial charge in [-0.1, -0.05) is 19.1 Å². The van der Waals surface area contributed by atoms with Crippen LogP contribution in [0.4, 0.5) is 27.6 Å². The summed E-state index contributed by atoms with van der Waals surface area (Å²) in [6.07, 6.45) is -7.03. The number of anilines is 1. The zero-order valence-corrected chi connectivity index (χ0v) is 17.4. The normalized spacial score (nSPS) is 19.8. The fourth-order valence-corrected chi connectivity index (χ4v) is 3.85. The molecule has 0 saturated carbocycles. The standard InChI is InChI=1S/C23H24F5NO3/c1-2-22(24,25)32-14-20-12-7-17(15-3-8-18(9-4-15)23(26,27)28)13-29(20)19-10-5-16(6-11-19)21(30)31/h3-6,8-11,17,20H,2,7,12-14H2,1H3,(H,30,31)/t17?,20-/m0/s1. The topological polar surface area (TPSA) is 49.8 Å². The molecule has 0 bridgehead atoms. The fraction of sp³-hybridized carbons (Fsp3) is 0.435. The summed E-state index contributed by atoms with van der Waals surface area (Å²) in [6.45, 7) is 1.48. The van der Waals surface area contributed by atoms with Crippen LogP contribution in [0.3, 0.4) is 0 Å². The first-order valence-corrected chi connectivity index (χ1v) is 10.3. The Bertz CT molecular complexity index is 913. The molecule has 1 aliphatic heterocycles. The van der Waals surface area contributed by atoms with Gasteiger partial charge in [0.1, 0.15) is 0 Å². The summed E-state index contributed by atoms with van der Waals surface area (Å²) in [5, 5.41) is 9.11. The average molecular weight is 457 g/mol. The summed E-state index contributed by atoms with van der Waals surface area (Å²) in [4.78, 5) is 13.0. The van der Waals surface area contributed by atoms with E-state index >= 15 is 0 Å². The number of ether oxygens (including phenoxy) is 1. The molecule has 1 N–H and O–H groups in total. The lowest BCUT2D eigenvalue weighted by atomic mass is 9.86. The second kappa shape index (κ2) is 9.44. The average Bonchev–Trinajstić information content (AvgIpc) is 2.77. The number of carboxylic acids is 1. The predicted molar refractivity (Wildman–Crippen MR) is 109 cm³/mol. The number of aromatic carboxylic acids is 1. The quantitative estimate of drug-likeness (QED) is 0.505. The van der Waals surface area contributed by atoms with Crippen molar-refractivity contribution in [3.05, 3.63) is 65.2 Å². The minimum absolute atomic E-state index is 0.0929. The number of rotatable bonds is 7. The highest BCUT2D eigenvalue weighted by Gasteiger charge is 2.35. The summed E-state index contributed by atoms with van der Waals surface area (Å²) in [5.41, 5.74) is 0.727. The molecule has 2 atom stereocenters. The minimum atomic E-state index is -4.42. The van der Waals surface area contributed by atoms with E-state index in [1.807, 2.05) is 4.90 Å². The number of carbonyl (C=O) groups is 1. The van der Waals surface area contributed by atoms with E-state index in [2.05, 4.69) is 0 Å². The van der Waals surface area contributed by atoms with Gasteiger partial charge in [0.15, 0.2) is 0 Å². The van der Waals surface area contributed by atoms with Gasteiger partial charge in [-0.05, 0) is 54.8 Å². The molecular weight excluding hydrogens is 433 g/mol. The Morgan fingerprint density at radius 1 is 1.03 bits per heavy atom. The third-order valence-electron chi connectivity index (χ3n) is 5.76. The van der Waals surface area contributed by atoms with Crippen LogP contribution in [0.15, 0.2) is 48.5 Å². The summed E-state index contributed by atoms with van der Waals surface area (Å²) >= 11 is 0. The first-order chi connectivity index (χ1) is 15.0. The van der Waals surface area contributed by atoms with Crippen molar-refractivity contribution in [3.63, 3.8) is 0 Å². The second-order valence-electron chi connectivity index (χ2n) is 7.85. The van der Waals surface area contributed by atoms with E-state index in [9.17, 15) is 26.7 Å². The van der Waals surface area contributed by atoms with Crippen LogP contribution in [0.2, 0.25) is 0 Å². The van der Waals surface area contributed by atoms with Gasteiger partial charge in [-0.3, -0.25) is 0 Å². The fourth-order valence-electron chi connectivity index (χ4n) is 3.85. The van der Waals surface area contributed by atoms with E-state index in [1.54, 1.807) is 12.1 Å². The van der Waals surface area contributed by atoms with Crippen molar-refractivity contribution in [1.29, 1.82) is 0 Å². The lowest BCUT2D eigenvalue weighted by molar-refractivity contribution is -0.241. The molecule has 1 fully saturated rings. The Kier molecular flexibility index (Phi) is 7.07. The van der Waals surface area contributed by atoms with Crippen LogP contribution < -0.4 is 4.90 Å². The van der Waals surface area contributed by atoms with Crippen molar-refractivity contribution in [2.45, 2.75) is 50.4 Å². The Morgan fingerprint density at radius 3 is 2.19 bits per heavy atom. The lowest BCUT2D eigenvalue weighted by Crippen LogP contribution is -2.46. The van der Waals surface area contributed by atoms with Gasteiger partial charge >= 0.3 is 18.3 Å². The number of alkyl halides is 5. The third kappa shape index (κ3) is 5.76. The predicted octanol–water partition coefficient (Wildman–Crippen LogP) is 6.18.